The molecule has 178 valence electrons. The van der Waals surface area contributed by atoms with Crippen LogP contribution in [0.15, 0.2) is 23.8 Å². The highest BCUT2D eigenvalue weighted by Gasteiger charge is 2.29. The van der Waals surface area contributed by atoms with Crippen molar-refractivity contribution in [3.05, 3.63) is 35.4 Å². The molecule has 3 aliphatic rings. The van der Waals surface area contributed by atoms with Gasteiger partial charge in [-0.2, -0.15) is 8.78 Å². The summed E-state index contributed by atoms with van der Waals surface area (Å²) in [4.78, 5) is 0. The summed E-state index contributed by atoms with van der Waals surface area (Å²) in [5, 5.41) is 0. The van der Waals surface area contributed by atoms with Gasteiger partial charge in [0.15, 0.2) is 11.5 Å². The molecular weight excluding hydrogens is 406 g/mol. The van der Waals surface area contributed by atoms with E-state index in [1.54, 1.807) is 0 Å². The van der Waals surface area contributed by atoms with Gasteiger partial charge in [0, 0.05) is 0 Å². The Morgan fingerprint density at radius 2 is 1.50 bits per heavy atom. The normalized spacial score (nSPS) is 26.0. The van der Waals surface area contributed by atoms with Crippen molar-refractivity contribution in [1.29, 1.82) is 0 Å². The Kier molecular flexibility index (Phi) is 8.49. The second kappa shape index (κ2) is 11.5. The molecule has 2 nitrogen and oxygen atoms in total. The lowest BCUT2D eigenvalue weighted by molar-refractivity contribution is 0.183. The lowest BCUT2D eigenvalue weighted by atomic mass is 9.70. The van der Waals surface area contributed by atoms with Crippen LogP contribution in [0, 0.1) is 35.3 Å². The Morgan fingerprint density at radius 1 is 0.812 bits per heavy atom. The smallest absolute Gasteiger partial charge is 0.204 e. The van der Waals surface area contributed by atoms with Crippen LogP contribution in [0.3, 0.4) is 0 Å². The van der Waals surface area contributed by atoms with Gasteiger partial charge in [-0.3, -0.25) is 0 Å². The van der Waals surface area contributed by atoms with Gasteiger partial charge in [-0.25, -0.2) is 0 Å². The molecule has 2 fully saturated rings. The largest absolute Gasteiger partial charge is 0.490 e. The minimum atomic E-state index is -0.941. The van der Waals surface area contributed by atoms with Gasteiger partial charge in [-0.1, -0.05) is 51.5 Å². The highest BCUT2D eigenvalue weighted by molar-refractivity contribution is 5.35. The summed E-state index contributed by atoms with van der Waals surface area (Å²) >= 11 is 0. The second-order valence-corrected chi connectivity index (χ2v) is 10.4. The van der Waals surface area contributed by atoms with Crippen molar-refractivity contribution in [2.24, 2.45) is 23.7 Å². The molecule has 0 heterocycles. The zero-order chi connectivity index (χ0) is 22.3. The maximum absolute atomic E-state index is 14.4. The van der Waals surface area contributed by atoms with E-state index >= 15 is 0 Å². The Bertz CT molecular complexity index is 763. The van der Waals surface area contributed by atoms with Crippen LogP contribution < -0.4 is 9.47 Å². The fraction of sp³-hybridized carbons (Fsp3) is 0.714. The van der Waals surface area contributed by atoms with Crippen LogP contribution in [-0.2, 0) is 0 Å². The molecule has 1 atom stereocenters. The fourth-order valence-electron chi connectivity index (χ4n) is 5.50. The highest BCUT2D eigenvalue weighted by Crippen LogP contribution is 2.41. The number of rotatable bonds is 11. The summed E-state index contributed by atoms with van der Waals surface area (Å²) in [5.41, 5.74) is 1.21. The Labute approximate surface area is 192 Å². The second-order valence-electron chi connectivity index (χ2n) is 10.4. The van der Waals surface area contributed by atoms with Gasteiger partial charge in [-0.15, -0.1) is 0 Å². The molecule has 0 aromatic heterocycles. The first kappa shape index (κ1) is 23.6. The highest BCUT2D eigenvalue weighted by atomic mass is 19.2. The standard InChI is InChI=1S/C28H40F2O2/c1-2-3-4-5-20-8-12-23(13-9-20)24-14-10-22(11-15-24)19-32-26-17-16-25(27(29)28(26)30)31-18-21-6-7-21/h10,16-17,20-21,23-24H,2-9,11-15,18-19H2,1H3/t20?,23?,24-/m0/s1. The fourth-order valence-corrected chi connectivity index (χ4v) is 5.50. The Morgan fingerprint density at radius 3 is 2.12 bits per heavy atom. The van der Waals surface area contributed by atoms with Gasteiger partial charge in [0.1, 0.15) is 6.61 Å². The number of allylic oxidation sites excluding steroid dienone is 1. The summed E-state index contributed by atoms with van der Waals surface area (Å²) in [5.74, 6) is 1.19. The summed E-state index contributed by atoms with van der Waals surface area (Å²) in [7, 11) is 0. The molecule has 1 aromatic rings. The molecule has 4 heteroatoms. The van der Waals surface area contributed by atoms with Gasteiger partial charge in [-0.05, 0) is 86.3 Å². The summed E-state index contributed by atoms with van der Waals surface area (Å²) in [6.45, 7) is 3.09. The first-order valence-corrected chi connectivity index (χ1v) is 13.1. The summed E-state index contributed by atoms with van der Waals surface area (Å²) in [6.07, 6.45) is 19.0. The molecular formula is C28H40F2O2. The predicted molar refractivity (Wildman–Crippen MR) is 125 cm³/mol. The third-order valence-corrected chi connectivity index (χ3v) is 7.92. The number of hydrogen-bond donors (Lipinski definition) is 0. The van der Waals surface area contributed by atoms with Crippen molar-refractivity contribution in [3.8, 4) is 11.5 Å². The Balaban J connectivity index is 1.20. The number of halogens is 2. The van der Waals surface area contributed by atoms with Crippen LogP contribution in [0.5, 0.6) is 11.5 Å². The van der Waals surface area contributed by atoms with E-state index in [0.29, 0.717) is 19.1 Å². The first-order chi connectivity index (χ1) is 15.6. The van der Waals surface area contributed by atoms with Crippen molar-refractivity contribution in [2.45, 2.75) is 90.4 Å². The van der Waals surface area contributed by atoms with E-state index in [2.05, 4.69) is 13.0 Å². The number of unbranched alkanes of at least 4 members (excludes halogenated alkanes) is 2. The van der Waals surface area contributed by atoms with Gasteiger partial charge >= 0.3 is 0 Å². The molecule has 4 rings (SSSR count). The number of ether oxygens (including phenoxy) is 2. The van der Waals surface area contributed by atoms with Crippen LogP contribution in [-0.4, -0.2) is 13.2 Å². The van der Waals surface area contributed by atoms with Gasteiger partial charge in [0.25, 0.3) is 0 Å². The lowest BCUT2D eigenvalue weighted by Gasteiger charge is -2.35. The minimum Gasteiger partial charge on any atom is -0.490 e. The molecule has 1 aromatic carbocycles. The van der Waals surface area contributed by atoms with E-state index in [4.69, 9.17) is 9.47 Å². The average molecular weight is 447 g/mol. The van der Waals surface area contributed by atoms with E-state index in [-0.39, 0.29) is 11.5 Å². The molecule has 0 bridgehead atoms. The van der Waals surface area contributed by atoms with Crippen LogP contribution in [0.1, 0.15) is 90.4 Å². The third kappa shape index (κ3) is 6.48. The Hall–Kier alpha value is -1.58. The molecule has 3 aliphatic carbocycles. The van der Waals surface area contributed by atoms with E-state index < -0.39 is 11.6 Å². The minimum absolute atomic E-state index is 0.0124. The molecule has 0 spiro atoms. The van der Waals surface area contributed by atoms with Crippen molar-refractivity contribution < 1.29 is 18.3 Å². The first-order valence-electron chi connectivity index (χ1n) is 13.1. The lowest BCUT2D eigenvalue weighted by Crippen LogP contribution is -2.24. The van der Waals surface area contributed by atoms with Crippen LogP contribution in [0.4, 0.5) is 8.78 Å². The monoisotopic (exact) mass is 446 g/mol. The van der Waals surface area contributed by atoms with Crippen LogP contribution >= 0.6 is 0 Å². The van der Waals surface area contributed by atoms with Crippen molar-refractivity contribution in [3.63, 3.8) is 0 Å². The average Bonchev–Trinajstić information content (AvgIpc) is 3.65. The van der Waals surface area contributed by atoms with E-state index in [1.165, 1.54) is 75.5 Å². The molecule has 0 unspecified atom stereocenters. The van der Waals surface area contributed by atoms with E-state index in [1.807, 2.05) is 0 Å². The van der Waals surface area contributed by atoms with Crippen LogP contribution in [0.25, 0.3) is 0 Å². The van der Waals surface area contributed by atoms with Crippen molar-refractivity contribution in [1.82, 2.24) is 0 Å². The van der Waals surface area contributed by atoms with Crippen LogP contribution in [0.2, 0.25) is 0 Å². The predicted octanol–water partition coefficient (Wildman–Crippen LogP) is 8.25. The molecule has 0 saturated heterocycles. The topological polar surface area (TPSA) is 18.5 Å². The summed E-state index contributed by atoms with van der Waals surface area (Å²) in [6, 6.07) is 2.98. The zero-order valence-electron chi connectivity index (χ0n) is 19.7. The van der Waals surface area contributed by atoms with Crippen molar-refractivity contribution in [2.75, 3.05) is 13.2 Å². The van der Waals surface area contributed by atoms with E-state index in [9.17, 15) is 8.78 Å². The summed E-state index contributed by atoms with van der Waals surface area (Å²) < 4.78 is 39.7. The quantitative estimate of drug-likeness (QED) is 0.252. The van der Waals surface area contributed by atoms with Crippen molar-refractivity contribution >= 4 is 0 Å². The molecule has 2 saturated carbocycles. The number of hydrogen-bond acceptors (Lipinski definition) is 2. The van der Waals surface area contributed by atoms with Gasteiger partial charge in [0.05, 0.1) is 6.61 Å². The molecule has 0 aliphatic heterocycles. The maximum atomic E-state index is 14.4. The molecule has 0 amide bonds. The zero-order valence-corrected chi connectivity index (χ0v) is 19.7. The molecule has 0 N–H and O–H groups in total. The SMILES string of the molecule is CCCCCC1CCC([C@H]2CC=C(COc3ccc(OCC4CC4)c(F)c3F)CC2)CC1. The van der Waals surface area contributed by atoms with E-state index in [0.717, 1.165) is 43.4 Å². The third-order valence-electron chi connectivity index (χ3n) is 7.92. The number of benzene rings is 1. The molecule has 0 radical (unpaired) electrons. The van der Waals surface area contributed by atoms with Gasteiger partial charge < -0.3 is 9.47 Å². The van der Waals surface area contributed by atoms with Gasteiger partial charge in [0.2, 0.25) is 11.6 Å². The molecule has 32 heavy (non-hydrogen) atoms. The maximum Gasteiger partial charge on any atom is 0.204 e.